The zero-order chi connectivity index (χ0) is 25.4. The fourth-order valence-corrected chi connectivity index (χ4v) is 4.34. The summed E-state index contributed by atoms with van der Waals surface area (Å²) in [6.45, 7) is 1.90. The summed E-state index contributed by atoms with van der Waals surface area (Å²) in [6.07, 6.45) is 5.42. The van der Waals surface area contributed by atoms with E-state index in [0.29, 0.717) is 53.3 Å². The number of nitrogens with zero attached hydrogens (tertiary/aromatic N) is 5. The van der Waals surface area contributed by atoms with Gasteiger partial charge in [0.1, 0.15) is 18.0 Å². The summed E-state index contributed by atoms with van der Waals surface area (Å²) in [5, 5.41) is 11.9. The Morgan fingerprint density at radius 2 is 2.03 bits per heavy atom. The SMILES string of the molecule is COCCOc1cc2[nH]nc(-c3cc(-c4ccc(C(=O)N5CC(n6ccnc6)C5)cc4)no3)c2cc1F. The van der Waals surface area contributed by atoms with Crippen LogP contribution in [0.3, 0.4) is 0 Å². The Balaban J connectivity index is 1.16. The number of aromatic nitrogens is 5. The summed E-state index contributed by atoms with van der Waals surface area (Å²) in [6, 6.07) is 12.1. The highest BCUT2D eigenvalue weighted by Gasteiger charge is 2.32. The zero-order valence-corrected chi connectivity index (χ0v) is 19.9. The molecule has 10 nitrogen and oxygen atoms in total. The van der Waals surface area contributed by atoms with Crippen molar-refractivity contribution >= 4 is 16.8 Å². The van der Waals surface area contributed by atoms with E-state index in [1.165, 1.54) is 6.07 Å². The molecule has 1 amide bonds. The molecule has 1 aliphatic rings. The van der Waals surface area contributed by atoms with Gasteiger partial charge < -0.3 is 23.5 Å². The van der Waals surface area contributed by atoms with Crippen molar-refractivity contribution in [2.24, 2.45) is 0 Å². The first kappa shape index (κ1) is 22.9. The number of hydrogen-bond donors (Lipinski definition) is 1. The number of amides is 1. The second-order valence-electron chi connectivity index (χ2n) is 8.77. The normalized spacial score (nSPS) is 13.7. The molecule has 37 heavy (non-hydrogen) atoms. The molecule has 11 heteroatoms. The maximum absolute atomic E-state index is 14.6. The summed E-state index contributed by atoms with van der Waals surface area (Å²) >= 11 is 0. The van der Waals surface area contributed by atoms with Crippen LogP contribution in [0.1, 0.15) is 16.4 Å². The smallest absolute Gasteiger partial charge is 0.253 e. The molecule has 1 aliphatic heterocycles. The van der Waals surface area contributed by atoms with E-state index >= 15 is 0 Å². The second-order valence-corrected chi connectivity index (χ2v) is 8.77. The minimum atomic E-state index is -0.509. The molecule has 0 spiro atoms. The maximum Gasteiger partial charge on any atom is 0.253 e. The van der Waals surface area contributed by atoms with Crippen LogP contribution in [-0.2, 0) is 4.74 Å². The number of nitrogens with one attached hydrogen (secondary N) is 1. The number of hydrogen-bond acceptors (Lipinski definition) is 7. The van der Waals surface area contributed by atoms with Crippen molar-refractivity contribution in [2.45, 2.75) is 6.04 Å². The second kappa shape index (κ2) is 9.51. The van der Waals surface area contributed by atoms with Crippen molar-refractivity contribution in [2.75, 3.05) is 33.4 Å². The highest BCUT2D eigenvalue weighted by molar-refractivity contribution is 5.95. The van der Waals surface area contributed by atoms with Gasteiger partial charge in [-0.05, 0) is 18.2 Å². The van der Waals surface area contributed by atoms with E-state index in [4.69, 9.17) is 14.0 Å². The first-order valence-corrected chi connectivity index (χ1v) is 11.7. The standard InChI is InChI=1S/C26H23FN6O4/c1-35-8-9-36-23-12-22-19(10-20(23)27)25(30-29-22)24-11-21(31-37-24)16-2-4-17(5-3-16)26(34)33-13-18(14-33)32-7-6-28-15-32/h2-7,10-12,15,18H,8-9,13-14H2,1H3,(H,29,30). The van der Waals surface area contributed by atoms with Gasteiger partial charge in [0.15, 0.2) is 17.3 Å². The average molecular weight is 503 g/mol. The quantitative estimate of drug-likeness (QED) is 0.320. The number of likely N-dealkylation sites (tertiary alicyclic amines) is 1. The van der Waals surface area contributed by atoms with Gasteiger partial charge in [0, 0.05) is 61.2 Å². The number of carbonyl (C=O) groups excluding carboxylic acids is 1. The number of ether oxygens (including phenoxy) is 2. The fourth-order valence-electron chi connectivity index (χ4n) is 4.34. The molecule has 3 aromatic heterocycles. The Hall–Kier alpha value is -4.51. The lowest BCUT2D eigenvalue weighted by atomic mass is 10.0. The Morgan fingerprint density at radius 1 is 1.19 bits per heavy atom. The monoisotopic (exact) mass is 502 g/mol. The number of aromatic amines is 1. The van der Waals surface area contributed by atoms with Crippen LogP contribution in [-0.4, -0.2) is 69.1 Å². The number of imidazole rings is 1. The lowest BCUT2D eigenvalue weighted by molar-refractivity contribution is 0.0520. The number of fused-ring (bicyclic) bond motifs is 1. The molecule has 2 aromatic carbocycles. The minimum absolute atomic E-state index is 0.0145. The Kier molecular flexibility index (Phi) is 5.89. The highest BCUT2D eigenvalue weighted by atomic mass is 19.1. The van der Waals surface area contributed by atoms with Crippen LogP contribution in [0, 0.1) is 5.82 Å². The van der Waals surface area contributed by atoms with Gasteiger partial charge in [-0.2, -0.15) is 5.10 Å². The van der Waals surface area contributed by atoms with Gasteiger partial charge in [-0.1, -0.05) is 17.3 Å². The van der Waals surface area contributed by atoms with Crippen LogP contribution in [0.4, 0.5) is 4.39 Å². The van der Waals surface area contributed by atoms with Gasteiger partial charge in [0.25, 0.3) is 5.91 Å². The molecule has 0 radical (unpaired) electrons. The van der Waals surface area contributed by atoms with Crippen LogP contribution in [0.25, 0.3) is 33.6 Å². The van der Waals surface area contributed by atoms with Crippen LogP contribution in [0.15, 0.2) is 65.7 Å². The van der Waals surface area contributed by atoms with E-state index in [1.807, 2.05) is 27.8 Å². The van der Waals surface area contributed by atoms with Crippen molar-refractivity contribution in [3.63, 3.8) is 0 Å². The molecule has 6 rings (SSSR count). The lowest BCUT2D eigenvalue weighted by Crippen LogP contribution is -2.50. The van der Waals surface area contributed by atoms with E-state index in [9.17, 15) is 9.18 Å². The molecule has 0 unspecified atom stereocenters. The molecule has 0 atom stereocenters. The predicted molar refractivity (Wildman–Crippen MR) is 132 cm³/mol. The minimum Gasteiger partial charge on any atom is -0.488 e. The topological polar surface area (TPSA) is 111 Å². The summed E-state index contributed by atoms with van der Waals surface area (Å²) in [5.41, 5.74) is 3.01. The van der Waals surface area contributed by atoms with Crippen molar-refractivity contribution in [3.8, 4) is 28.5 Å². The number of rotatable bonds is 8. The van der Waals surface area contributed by atoms with E-state index in [-0.39, 0.29) is 24.3 Å². The first-order valence-electron chi connectivity index (χ1n) is 11.7. The largest absolute Gasteiger partial charge is 0.488 e. The molecule has 1 fully saturated rings. The Bertz CT molecular complexity index is 1540. The van der Waals surface area contributed by atoms with Gasteiger partial charge >= 0.3 is 0 Å². The van der Waals surface area contributed by atoms with Gasteiger partial charge in [0.2, 0.25) is 0 Å². The summed E-state index contributed by atoms with van der Waals surface area (Å²) < 4.78 is 32.5. The lowest BCUT2D eigenvalue weighted by Gasteiger charge is -2.39. The van der Waals surface area contributed by atoms with Crippen LogP contribution in [0.2, 0.25) is 0 Å². The third-order valence-corrected chi connectivity index (χ3v) is 6.43. The predicted octanol–water partition coefficient (Wildman–Crippen LogP) is 3.94. The van der Waals surface area contributed by atoms with Gasteiger partial charge in [-0.25, -0.2) is 9.37 Å². The van der Waals surface area contributed by atoms with Crippen molar-refractivity contribution in [1.82, 2.24) is 29.8 Å². The molecule has 5 aromatic rings. The van der Waals surface area contributed by atoms with E-state index in [0.717, 1.165) is 5.56 Å². The zero-order valence-electron chi connectivity index (χ0n) is 19.9. The maximum atomic E-state index is 14.6. The molecular weight excluding hydrogens is 479 g/mol. The number of methoxy groups -OCH3 is 1. The third kappa shape index (κ3) is 4.33. The molecule has 188 valence electrons. The van der Waals surface area contributed by atoms with Gasteiger partial charge in [-0.15, -0.1) is 0 Å². The Morgan fingerprint density at radius 3 is 2.78 bits per heavy atom. The number of carbonyl (C=O) groups is 1. The van der Waals surface area contributed by atoms with Crippen molar-refractivity contribution in [1.29, 1.82) is 0 Å². The number of H-pyrrole nitrogens is 1. The molecule has 4 heterocycles. The molecular formula is C26H23FN6O4. The number of benzene rings is 2. The average Bonchev–Trinajstić information content (AvgIpc) is 3.65. The number of halogens is 1. The first-order chi connectivity index (χ1) is 18.1. The highest BCUT2D eigenvalue weighted by Crippen LogP contribution is 2.33. The van der Waals surface area contributed by atoms with E-state index in [2.05, 4.69) is 20.3 Å². The van der Waals surface area contributed by atoms with Crippen molar-refractivity contribution < 1.29 is 23.2 Å². The van der Waals surface area contributed by atoms with E-state index < -0.39 is 5.82 Å². The fraction of sp³-hybridized carbons (Fsp3) is 0.231. The summed E-state index contributed by atoms with van der Waals surface area (Å²) in [5.74, 6) is -0.0211. The van der Waals surface area contributed by atoms with Gasteiger partial charge in [0.05, 0.1) is 24.5 Å². The van der Waals surface area contributed by atoms with Crippen LogP contribution >= 0.6 is 0 Å². The molecule has 0 aliphatic carbocycles. The third-order valence-electron chi connectivity index (χ3n) is 6.43. The molecule has 1 saturated heterocycles. The van der Waals surface area contributed by atoms with Gasteiger partial charge in [-0.3, -0.25) is 9.89 Å². The summed E-state index contributed by atoms with van der Waals surface area (Å²) in [4.78, 5) is 18.7. The summed E-state index contributed by atoms with van der Waals surface area (Å²) in [7, 11) is 1.55. The van der Waals surface area contributed by atoms with E-state index in [1.54, 1.807) is 43.9 Å². The van der Waals surface area contributed by atoms with Crippen LogP contribution < -0.4 is 4.74 Å². The van der Waals surface area contributed by atoms with Crippen LogP contribution in [0.5, 0.6) is 5.75 Å². The van der Waals surface area contributed by atoms with Crippen molar-refractivity contribution in [3.05, 3.63) is 72.6 Å². The Labute approximate surface area is 210 Å². The molecule has 1 N–H and O–H groups in total. The molecule has 0 saturated carbocycles. The molecule has 0 bridgehead atoms.